The van der Waals surface area contributed by atoms with E-state index < -0.39 is 0 Å². The quantitative estimate of drug-likeness (QED) is 0.111. The van der Waals surface area contributed by atoms with Crippen LogP contribution in [0.15, 0.2) is 84.9 Å². The second-order valence-electron chi connectivity index (χ2n) is 19.8. The van der Waals surface area contributed by atoms with E-state index in [1.165, 1.54) is 106 Å². The number of unbranched alkanes of at least 4 members (excludes halogenated alkanes) is 3. The van der Waals surface area contributed by atoms with Crippen LogP contribution >= 0.6 is 0 Å². The predicted molar refractivity (Wildman–Crippen MR) is 238 cm³/mol. The molecule has 0 amide bonds. The highest BCUT2D eigenvalue weighted by atomic mass is 16.5. The maximum Gasteiger partial charge on any atom is 0.130 e. The van der Waals surface area contributed by atoms with Gasteiger partial charge in [-0.25, -0.2) is 0 Å². The fraction of sp³-hybridized carbons (Fsp3) is 0.547. The molecule has 4 fully saturated rings. The number of aryl methyl sites for hydroxylation is 2. The number of rotatable bonds is 12. The molecule has 0 heterocycles. The molecule has 0 spiro atoms. The number of fused-ring (bicyclic) bond motifs is 5. The van der Waals surface area contributed by atoms with Gasteiger partial charge in [0.2, 0.25) is 0 Å². The molecular formula is C53H70N2O2. The van der Waals surface area contributed by atoms with Gasteiger partial charge in [0.25, 0.3) is 0 Å². The molecule has 4 nitrogen and oxygen atoms in total. The number of hydrogen-bond acceptors (Lipinski definition) is 4. The summed E-state index contributed by atoms with van der Waals surface area (Å²) in [7, 11) is 0. The second-order valence-corrected chi connectivity index (χ2v) is 19.8. The van der Waals surface area contributed by atoms with Gasteiger partial charge in [-0.1, -0.05) is 84.1 Å². The number of anilines is 2. The molecule has 0 saturated heterocycles. The zero-order chi connectivity index (χ0) is 40.0. The fourth-order valence-electron chi connectivity index (χ4n) is 13.5. The van der Waals surface area contributed by atoms with Crippen molar-refractivity contribution in [2.24, 2.45) is 46.3 Å². The lowest BCUT2D eigenvalue weighted by molar-refractivity contribution is -0.122. The molecule has 8 unspecified atom stereocenters. The minimum atomic E-state index is -0.0825. The number of ether oxygens (including phenoxy) is 2. The molecule has 0 aliphatic heterocycles. The van der Waals surface area contributed by atoms with E-state index in [0.717, 1.165) is 70.4 Å². The first-order valence-corrected chi connectivity index (χ1v) is 22.7. The van der Waals surface area contributed by atoms with Crippen LogP contribution in [0.25, 0.3) is 0 Å². The van der Waals surface area contributed by atoms with Crippen LogP contribution in [0.5, 0.6) is 23.0 Å². The molecule has 4 heteroatoms. The van der Waals surface area contributed by atoms with Crippen LogP contribution in [0.2, 0.25) is 0 Å². The van der Waals surface area contributed by atoms with E-state index >= 15 is 0 Å². The van der Waals surface area contributed by atoms with E-state index in [2.05, 4.69) is 77.9 Å². The predicted octanol–water partition coefficient (Wildman–Crippen LogP) is 14.6. The van der Waals surface area contributed by atoms with Crippen LogP contribution in [0.4, 0.5) is 11.4 Å². The highest BCUT2D eigenvalue weighted by molar-refractivity contribution is 5.51. The van der Waals surface area contributed by atoms with E-state index in [1.807, 2.05) is 48.5 Å². The molecule has 57 heavy (non-hydrogen) atoms. The summed E-state index contributed by atoms with van der Waals surface area (Å²) in [5.41, 5.74) is 19.5. The molecule has 0 aromatic heterocycles. The van der Waals surface area contributed by atoms with Gasteiger partial charge >= 0.3 is 0 Å². The van der Waals surface area contributed by atoms with Crippen molar-refractivity contribution in [1.29, 1.82) is 0 Å². The van der Waals surface area contributed by atoms with Crippen LogP contribution < -0.4 is 20.9 Å². The number of benzene rings is 4. The fourth-order valence-corrected chi connectivity index (χ4v) is 13.5. The maximum atomic E-state index is 6.42. The Hall–Kier alpha value is -3.92. The summed E-state index contributed by atoms with van der Waals surface area (Å²) in [6, 6.07) is 29.4. The van der Waals surface area contributed by atoms with Crippen molar-refractivity contribution in [3.63, 3.8) is 0 Å². The van der Waals surface area contributed by atoms with Crippen molar-refractivity contribution in [3.8, 4) is 23.0 Å². The first-order chi connectivity index (χ1) is 27.4. The van der Waals surface area contributed by atoms with Crippen LogP contribution in [-0.2, 0) is 5.41 Å². The minimum Gasteiger partial charge on any atom is -0.457 e. The van der Waals surface area contributed by atoms with Gasteiger partial charge in [0.15, 0.2) is 0 Å². The molecule has 8 rings (SSSR count). The zero-order valence-electron chi connectivity index (χ0n) is 35.9. The summed E-state index contributed by atoms with van der Waals surface area (Å²) in [6.45, 7) is 14.9. The van der Waals surface area contributed by atoms with Crippen molar-refractivity contribution in [3.05, 3.63) is 107 Å². The Labute approximate surface area is 344 Å². The lowest BCUT2D eigenvalue weighted by Gasteiger charge is -2.63. The van der Waals surface area contributed by atoms with Crippen molar-refractivity contribution in [2.75, 3.05) is 11.5 Å². The second kappa shape index (κ2) is 16.0. The molecule has 0 bridgehead atoms. The van der Waals surface area contributed by atoms with Gasteiger partial charge in [-0.05, 0) is 201 Å². The standard InChI is InChI=1S/C53H70N2O2/c1-7-8-9-10-11-35(2)46-24-25-47-45-23-12-40-34-53(31-30-51(40,5)48(45)28-29-52(46,47)6,38-13-26-49(36(3)32-38)56-43-19-15-41(54)16-20-43)39-14-27-50(37(4)33-39)57-44-21-17-42(55)18-22-44/h13-22,26-27,32-33,35,40,45-48H,7-12,23-25,28-31,34,54-55H2,1-6H3. The highest BCUT2D eigenvalue weighted by Crippen LogP contribution is 2.70. The van der Waals surface area contributed by atoms with Crippen LogP contribution in [0.1, 0.15) is 140 Å². The minimum absolute atomic E-state index is 0.0825. The maximum absolute atomic E-state index is 6.42. The Morgan fingerprint density at radius 1 is 0.632 bits per heavy atom. The van der Waals surface area contributed by atoms with E-state index in [9.17, 15) is 0 Å². The molecule has 4 saturated carbocycles. The molecule has 304 valence electrons. The molecule has 8 atom stereocenters. The van der Waals surface area contributed by atoms with E-state index in [4.69, 9.17) is 20.9 Å². The Balaban J connectivity index is 1.08. The van der Waals surface area contributed by atoms with Gasteiger partial charge in [0, 0.05) is 16.8 Å². The van der Waals surface area contributed by atoms with Gasteiger partial charge in [0.05, 0.1) is 0 Å². The van der Waals surface area contributed by atoms with Crippen LogP contribution in [-0.4, -0.2) is 0 Å². The highest BCUT2D eigenvalue weighted by Gasteiger charge is 2.62. The lowest BCUT2D eigenvalue weighted by Crippen LogP contribution is -2.55. The molecular weight excluding hydrogens is 697 g/mol. The van der Waals surface area contributed by atoms with Crippen molar-refractivity contribution in [2.45, 2.75) is 137 Å². The number of hydrogen-bond donors (Lipinski definition) is 2. The monoisotopic (exact) mass is 767 g/mol. The summed E-state index contributed by atoms with van der Waals surface area (Å²) in [5.74, 6) is 8.57. The Morgan fingerprint density at radius 2 is 1.21 bits per heavy atom. The van der Waals surface area contributed by atoms with Crippen molar-refractivity contribution < 1.29 is 9.47 Å². The summed E-state index contributed by atoms with van der Waals surface area (Å²) in [4.78, 5) is 0. The first kappa shape index (κ1) is 39.9. The molecule has 4 aliphatic rings. The van der Waals surface area contributed by atoms with Gasteiger partial charge in [-0.15, -0.1) is 0 Å². The van der Waals surface area contributed by atoms with E-state index in [-0.39, 0.29) is 5.41 Å². The Bertz CT molecular complexity index is 1910. The van der Waals surface area contributed by atoms with E-state index in [0.29, 0.717) is 16.7 Å². The molecule has 0 radical (unpaired) electrons. The normalized spacial score (nSPS) is 29.5. The third kappa shape index (κ3) is 7.49. The summed E-state index contributed by atoms with van der Waals surface area (Å²) >= 11 is 0. The third-order valence-corrected chi connectivity index (χ3v) is 16.7. The molecule has 4 aromatic carbocycles. The summed E-state index contributed by atoms with van der Waals surface area (Å²) in [6.07, 6.45) is 19.3. The topological polar surface area (TPSA) is 70.5 Å². The third-order valence-electron chi connectivity index (χ3n) is 16.7. The average Bonchev–Trinajstić information content (AvgIpc) is 3.57. The number of nitrogen functional groups attached to an aromatic ring is 2. The number of nitrogens with two attached hydrogens (primary N) is 2. The van der Waals surface area contributed by atoms with E-state index in [1.54, 1.807) is 0 Å². The zero-order valence-corrected chi connectivity index (χ0v) is 35.9. The molecule has 4 aromatic rings. The Kier molecular flexibility index (Phi) is 11.2. The lowest BCUT2D eigenvalue weighted by atomic mass is 9.42. The van der Waals surface area contributed by atoms with Crippen molar-refractivity contribution in [1.82, 2.24) is 0 Å². The van der Waals surface area contributed by atoms with Crippen LogP contribution in [0.3, 0.4) is 0 Å². The molecule has 4 N–H and O–H groups in total. The van der Waals surface area contributed by atoms with Gasteiger partial charge in [-0.2, -0.15) is 0 Å². The van der Waals surface area contributed by atoms with Gasteiger partial charge in [-0.3, -0.25) is 0 Å². The SMILES string of the molecule is CCCCCCC(C)C1CCC2C3CCC4CC(c5ccc(Oc6ccc(N)cc6)c(C)c5)(c5ccc(Oc6ccc(N)cc6)c(C)c5)CCC4(C)C3CCC12C. The average molecular weight is 767 g/mol. The van der Waals surface area contributed by atoms with Crippen LogP contribution in [0, 0.1) is 60.2 Å². The molecule has 4 aliphatic carbocycles. The summed E-state index contributed by atoms with van der Waals surface area (Å²) < 4.78 is 12.8. The largest absolute Gasteiger partial charge is 0.457 e. The van der Waals surface area contributed by atoms with Gasteiger partial charge < -0.3 is 20.9 Å². The van der Waals surface area contributed by atoms with Gasteiger partial charge in [0.1, 0.15) is 23.0 Å². The smallest absolute Gasteiger partial charge is 0.130 e. The first-order valence-electron chi connectivity index (χ1n) is 22.7. The Morgan fingerprint density at radius 3 is 1.77 bits per heavy atom. The summed E-state index contributed by atoms with van der Waals surface area (Å²) in [5, 5.41) is 0. The van der Waals surface area contributed by atoms with Crippen molar-refractivity contribution >= 4 is 11.4 Å².